The molecule has 2 N–H and O–H groups in total. The number of thioether (sulfide) groups is 1. The van der Waals surface area contributed by atoms with Gasteiger partial charge in [-0.3, -0.25) is 0 Å². The summed E-state index contributed by atoms with van der Waals surface area (Å²) >= 11 is 7.77. The predicted octanol–water partition coefficient (Wildman–Crippen LogP) is 4.58. The van der Waals surface area contributed by atoms with Crippen LogP contribution in [0.15, 0.2) is 56.8 Å². The monoisotopic (exact) mass is 426 g/mol. The van der Waals surface area contributed by atoms with E-state index >= 15 is 0 Å². The molecule has 29 heavy (non-hydrogen) atoms. The van der Waals surface area contributed by atoms with Crippen LogP contribution < -0.4 is 11.5 Å². The van der Waals surface area contributed by atoms with Crippen LogP contribution in [-0.2, 0) is 12.2 Å². The molecule has 0 atom stereocenters. The molecule has 0 saturated heterocycles. The molecule has 0 aliphatic rings. The number of aromatic nitrogens is 3. The van der Waals surface area contributed by atoms with Crippen LogP contribution in [0.5, 0.6) is 0 Å². The topological polar surface area (TPSA) is 86.9 Å². The fourth-order valence-corrected chi connectivity index (χ4v) is 4.24. The van der Waals surface area contributed by atoms with Gasteiger partial charge in [0.1, 0.15) is 5.58 Å². The van der Waals surface area contributed by atoms with Crippen molar-refractivity contribution in [2.45, 2.75) is 31.2 Å². The van der Waals surface area contributed by atoms with Gasteiger partial charge >= 0.3 is 5.63 Å². The number of halogens is 1. The van der Waals surface area contributed by atoms with Gasteiger partial charge in [-0.15, -0.1) is 10.2 Å². The highest BCUT2D eigenvalue weighted by molar-refractivity contribution is 7.98. The highest BCUT2D eigenvalue weighted by Gasteiger charge is 2.15. The number of fused-ring (bicyclic) bond motifs is 1. The number of nitrogen functional groups attached to an aromatic ring is 1. The van der Waals surface area contributed by atoms with Crippen molar-refractivity contribution in [3.8, 4) is 11.4 Å². The zero-order valence-corrected chi connectivity index (χ0v) is 17.5. The Bertz CT molecular complexity index is 1250. The minimum absolute atomic E-state index is 0.396. The summed E-state index contributed by atoms with van der Waals surface area (Å²) in [5, 5.41) is 10.4. The smallest absolute Gasteiger partial charge is 0.336 e. The number of nitrogens with two attached hydrogens (primary N) is 1. The first-order chi connectivity index (χ1) is 14.0. The van der Waals surface area contributed by atoms with Crippen LogP contribution in [0.25, 0.3) is 22.4 Å². The molecular formula is C21H19ClN4O2S. The third-order valence-electron chi connectivity index (χ3n) is 4.71. The van der Waals surface area contributed by atoms with Crippen molar-refractivity contribution in [3.05, 3.63) is 74.6 Å². The predicted molar refractivity (Wildman–Crippen MR) is 117 cm³/mol. The molecule has 0 spiro atoms. The lowest BCUT2D eigenvalue weighted by atomic mass is 10.1. The van der Waals surface area contributed by atoms with Crippen molar-refractivity contribution in [1.82, 2.24) is 14.9 Å². The van der Waals surface area contributed by atoms with Gasteiger partial charge in [0.05, 0.1) is 0 Å². The van der Waals surface area contributed by atoms with E-state index in [4.69, 9.17) is 21.9 Å². The molecule has 0 fully saturated rings. The van der Waals surface area contributed by atoms with Crippen molar-refractivity contribution in [2.75, 3.05) is 5.84 Å². The van der Waals surface area contributed by atoms with Crippen LogP contribution in [0.1, 0.15) is 23.6 Å². The minimum Gasteiger partial charge on any atom is -0.423 e. The molecule has 0 aliphatic heterocycles. The largest absolute Gasteiger partial charge is 0.423 e. The number of benzene rings is 2. The molecule has 8 heteroatoms. The molecule has 0 saturated carbocycles. The highest BCUT2D eigenvalue weighted by Crippen LogP contribution is 2.30. The average Bonchev–Trinajstić information content (AvgIpc) is 3.07. The standard InChI is InChI=1S/C21H19ClN4O2S/c1-3-13-8-18-16(10-17(13)22)15(9-19(27)28-18)11-29-21-25-24-20(26(21)23)14-6-4-12(2)5-7-14/h4-10H,3,11,23H2,1-2H3. The molecule has 148 valence electrons. The molecular weight excluding hydrogens is 408 g/mol. The van der Waals surface area contributed by atoms with E-state index in [1.165, 1.54) is 22.5 Å². The summed E-state index contributed by atoms with van der Waals surface area (Å²) in [6.45, 7) is 4.03. The Morgan fingerprint density at radius 2 is 1.90 bits per heavy atom. The van der Waals surface area contributed by atoms with Crippen LogP contribution in [0.3, 0.4) is 0 Å². The Morgan fingerprint density at radius 1 is 1.14 bits per heavy atom. The Kier molecular flexibility index (Phi) is 5.34. The zero-order valence-electron chi connectivity index (χ0n) is 16.0. The van der Waals surface area contributed by atoms with Gasteiger partial charge in [0, 0.05) is 27.8 Å². The Morgan fingerprint density at radius 3 is 2.62 bits per heavy atom. The van der Waals surface area contributed by atoms with E-state index in [2.05, 4.69) is 10.2 Å². The van der Waals surface area contributed by atoms with Crippen LogP contribution in [-0.4, -0.2) is 14.9 Å². The van der Waals surface area contributed by atoms with Crippen molar-refractivity contribution in [3.63, 3.8) is 0 Å². The summed E-state index contributed by atoms with van der Waals surface area (Å²) in [6.07, 6.45) is 0.759. The number of hydrogen-bond acceptors (Lipinski definition) is 6. The highest BCUT2D eigenvalue weighted by atomic mass is 35.5. The van der Waals surface area contributed by atoms with E-state index in [1.807, 2.05) is 50.2 Å². The Hall–Kier alpha value is -2.77. The fourth-order valence-electron chi connectivity index (χ4n) is 3.10. The van der Waals surface area contributed by atoms with Crippen molar-refractivity contribution >= 4 is 34.3 Å². The lowest BCUT2D eigenvalue weighted by Crippen LogP contribution is -2.11. The maximum absolute atomic E-state index is 12.0. The van der Waals surface area contributed by atoms with Crippen molar-refractivity contribution in [2.24, 2.45) is 0 Å². The quantitative estimate of drug-likeness (QED) is 0.285. The third kappa shape index (κ3) is 3.88. The van der Waals surface area contributed by atoms with Gasteiger partial charge in [-0.25, -0.2) is 9.47 Å². The molecule has 4 rings (SSSR count). The molecule has 0 bridgehead atoms. The summed E-state index contributed by atoms with van der Waals surface area (Å²) in [4.78, 5) is 12.0. The van der Waals surface area contributed by atoms with Gasteiger partial charge in [0.2, 0.25) is 5.16 Å². The van der Waals surface area contributed by atoms with Crippen LogP contribution in [0.4, 0.5) is 0 Å². The third-order valence-corrected chi connectivity index (χ3v) is 6.05. The normalized spacial score (nSPS) is 11.3. The zero-order chi connectivity index (χ0) is 20.5. The maximum Gasteiger partial charge on any atom is 0.336 e. The first-order valence-electron chi connectivity index (χ1n) is 9.11. The second kappa shape index (κ2) is 7.93. The molecule has 0 amide bonds. The van der Waals surface area contributed by atoms with Crippen LogP contribution >= 0.6 is 23.4 Å². The Labute approximate surface area is 176 Å². The van der Waals surface area contributed by atoms with E-state index in [-0.39, 0.29) is 0 Å². The molecule has 2 aromatic heterocycles. The van der Waals surface area contributed by atoms with Crippen molar-refractivity contribution < 1.29 is 4.42 Å². The van der Waals surface area contributed by atoms with Gasteiger partial charge in [-0.2, -0.15) is 0 Å². The van der Waals surface area contributed by atoms with E-state index in [0.717, 1.165) is 34.1 Å². The molecule has 2 aromatic carbocycles. The fraction of sp³-hybridized carbons (Fsp3) is 0.190. The summed E-state index contributed by atoms with van der Waals surface area (Å²) in [6, 6.07) is 13.1. The van der Waals surface area contributed by atoms with Gasteiger partial charge in [-0.05, 0) is 36.6 Å². The summed E-state index contributed by atoms with van der Waals surface area (Å²) < 4.78 is 6.83. The number of nitrogens with zero attached hydrogens (tertiary/aromatic N) is 3. The number of rotatable bonds is 5. The van der Waals surface area contributed by atoms with Crippen molar-refractivity contribution in [1.29, 1.82) is 0 Å². The summed E-state index contributed by atoms with van der Waals surface area (Å²) in [7, 11) is 0. The lowest BCUT2D eigenvalue weighted by Gasteiger charge is -2.08. The second-order valence-corrected chi connectivity index (χ2v) is 8.06. The van der Waals surface area contributed by atoms with Crippen LogP contribution in [0, 0.1) is 6.92 Å². The number of hydrogen-bond donors (Lipinski definition) is 1. The van der Waals surface area contributed by atoms with Gasteiger partial charge in [0.15, 0.2) is 5.82 Å². The average molecular weight is 427 g/mol. The second-order valence-electron chi connectivity index (χ2n) is 6.71. The molecule has 6 nitrogen and oxygen atoms in total. The maximum atomic E-state index is 12.0. The molecule has 0 radical (unpaired) electrons. The van der Waals surface area contributed by atoms with Gasteiger partial charge in [0.25, 0.3) is 0 Å². The SMILES string of the molecule is CCc1cc2oc(=O)cc(CSc3nnc(-c4ccc(C)cc4)n3N)c2cc1Cl. The van der Waals surface area contributed by atoms with E-state index in [9.17, 15) is 4.79 Å². The van der Waals surface area contributed by atoms with E-state index in [0.29, 0.717) is 27.3 Å². The molecule has 4 aromatic rings. The van der Waals surface area contributed by atoms with Gasteiger partial charge < -0.3 is 10.3 Å². The minimum atomic E-state index is -0.396. The first-order valence-corrected chi connectivity index (χ1v) is 10.5. The summed E-state index contributed by atoms with van der Waals surface area (Å²) in [5.74, 6) is 7.27. The van der Waals surface area contributed by atoms with E-state index < -0.39 is 5.63 Å². The van der Waals surface area contributed by atoms with E-state index in [1.54, 1.807) is 0 Å². The molecule has 2 heterocycles. The lowest BCUT2D eigenvalue weighted by molar-refractivity contribution is 0.559. The molecule has 0 unspecified atom stereocenters. The van der Waals surface area contributed by atoms with Crippen LogP contribution in [0.2, 0.25) is 5.02 Å². The summed E-state index contributed by atoms with van der Waals surface area (Å²) in [5.41, 5.74) is 3.94. The number of aryl methyl sites for hydroxylation is 2. The Balaban J connectivity index is 1.64. The first kappa shape index (κ1) is 19.5. The van der Waals surface area contributed by atoms with Gasteiger partial charge in [-0.1, -0.05) is 60.1 Å². The molecule has 0 aliphatic carbocycles.